The molecule has 0 aromatic heterocycles. The summed E-state index contributed by atoms with van der Waals surface area (Å²) in [5, 5.41) is 24.1. The van der Waals surface area contributed by atoms with E-state index in [0.717, 1.165) is 49.0 Å². The molecular weight excluding hydrogens is 1350 g/mol. The molecule has 22 aromatic rings. The Bertz CT molecular complexity index is 7480. The maximum atomic E-state index is 8.74. The molecular formula is C112H74. The quantitative estimate of drug-likeness (QED) is 0.126. The van der Waals surface area contributed by atoms with Crippen molar-refractivity contribution in [3.05, 3.63) is 449 Å². The number of hydrogen-bond donors (Lipinski definition) is 0. The molecule has 0 saturated heterocycles. The second kappa shape index (κ2) is 29.2. The van der Waals surface area contributed by atoms with Gasteiger partial charge in [0.05, 0.1) is 6.85 Å². The van der Waals surface area contributed by atoms with Gasteiger partial charge in [-0.3, -0.25) is 0 Å². The Morgan fingerprint density at radius 3 is 0.911 bits per heavy atom. The zero-order chi connectivity index (χ0) is 78.6. The molecule has 112 heavy (non-hydrogen) atoms. The summed E-state index contributed by atoms with van der Waals surface area (Å²) in [6.07, 6.45) is 0. The highest BCUT2D eigenvalue weighted by Crippen LogP contribution is 2.50. The molecule has 522 valence electrons. The van der Waals surface area contributed by atoms with Gasteiger partial charge < -0.3 is 0 Å². The van der Waals surface area contributed by atoms with Gasteiger partial charge in [-0.1, -0.05) is 418 Å². The third-order valence-corrected chi connectivity index (χ3v) is 22.4. The van der Waals surface area contributed by atoms with E-state index in [-0.39, 0.29) is 29.7 Å². The number of fused-ring (bicyclic) bond motifs is 10. The molecule has 0 heteroatoms. The van der Waals surface area contributed by atoms with Crippen LogP contribution in [0.2, 0.25) is 0 Å². The normalized spacial score (nSPS) is 12.0. The lowest BCUT2D eigenvalue weighted by atomic mass is 9.83. The zero-order valence-electron chi connectivity index (χ0n) is 66.3. The Balaban J connectivity index is 0.000000113. The predicted octanol–water partition coefficient (Wildman–Crippen LogP) is 31.6. The summed E-state index contributed by atoms with van der Waals surface area (Å²) >= 11 is 0. The molecule has 0 bridgehead atoms. The summed E-state index contributed by atoms with van der Waals surface area (Å²) in [7, 11) is 0. The van der Waals surface area contributed by atoms with Crippen LogP contribution in [0.25, 0.3) is 208 Å². The minimum atomic E-state index is -0.391. The van der Waals surface area contributed by atoms with Crippen LogP contribution in [0.3, 0.4) is 0 Å². The third-order valence-electron chi connectivity index (χ3n) is 22.4. The van der Waals surface area contributed by atoms with Crippen molar-refractivity contribution in [1.82, 2.24) is 0 Å². The molecule has 0 aliphatic rings. The number of benzene rings is 22. The van der Waals surface area contributed by atoms with Crippen LogP contribution in [0.4, 0.5) is 0 Å². The van der Waals surface area contributed by atoms with E-state index in [1.54, 1.807) is 0 Å². The lowest BCUT2D eigenvalue weighted by Crippen LogP contribution is -1.92. The van der Waals surface area contributed by atoms with Crippen LogP contribution in [0.15, 0.2) is 449 Å². The highest BCUT2D eigenvalue weighted by atomic mass is 14.3. The fraction of sp³-hybridized carbons (Fsp3) is 0. The smallest absolute Gasteiger partial charge is 0.0622 e. The van der Waals surface area contributed by atoms with Crippen molar-refractivity contribution >= 4 is 108 Å². The van der Waals surface area contributed by atoms with Crippen LogP contribution in [0.5, 0.6) is 0 Å². The van der Waals surface area contributed by atoms with Crippen molar-refractivity contribution in [2.24, 2.45) is 0 Å². The molecule has 22 aromatic carbocycles. The van der Waals surface area contributed by atoms with Gasteiger partial charge >= 0.3 is 0 Å². The largest absolute Gasteiger partial charge is 0.0629 e. The van der Waals surface area contributed by atoms with Crippen molar-refractivity contribution < 1.29 is 6.85 Å². The van der Waals surface area contributed by atoms with Gasteiger partial charge in [0.25, 0.3) is 0 Å². The standard InChI is InChI=1S/C40H26.2C36H24/c1-2-11-27(12-3-1)29-21-22-31-26-32(24-23-30(31)25-29)39-35-16-6-8-18-37(35)40(38-19-9-7-17-36(38)39)34-20-10-14-28-13-4-5-15-33(28)34;1-3-13-25(14-4-1)34-24-28(23-27-17-7-8-18-29(27)34)36-32-21-11-9-19-30(32)35(26-15-5-2-6-16-26)31-20-10-12-22-33(31)36;1-2-13-26(14-3-1)29-16-6-7-17-30(29)36-33-20-10-8-18-31(33)35(32-19-9-11-21-34(32)36)28-23-22-25-12-4-5-15-27(25)24-28/h1-26H;2*1-24H/i;1D,3D,4D,13D,14D;. The van der Waals surface area contributed by atoms with Crippen molar-refractivity contribution in [2.75, 3.05) is 0 Å². The first-order valence-corrected chi connectivity index (χ1v) is 38.4. The SMILES string of the molecule is [2H]c1c([2H])c([2H])c(-c2cc(-c3c4ccccc4c(-c4ccccc4)c4ccccc34)cc3ccccc23)c([2H])c1[2H].c1ccc(-c2ccc3cc(-c4c5ccccc5c(-c5cccc6ccccc56)c5ccccc45)ccc3c2)cc1.c1ccc(-c2ccccc2-c2c3ccccc3c(-c3ccc4ccccc4c3)c3ccccc23)cc1. The molecule has 0 unspecified atom stereocenters. The van der Waals surface area contributed by atoms with Gasteiger partial charge in [-0.05, 0) is 238 Å². The minimum absolute atomic E-state index is 0.201. The summed E-state index contributed by atoms with van der Waals surface area (Å²) in [5.41, 5.74) is 20.4. The first-order chi connectivity index (χ1) is 57.7. The molecule has 0 aliphatic carbocycles. The fourth-order valence-electron chi connectivity index (χ4n) is 17.4. The van der Waals surface area contributed by atoms with Crippen molar-refractivity contribution in [3.8, 4) is 100 Å². The van der Waals surface area contributed by atoms with E-state index in [1.807, 2.05) is 48.5 Å². The minimum Gasteiger partial charge on any atom is -0.0622 e. The Labute approximate surface area is 659 Å². The molecule has 0 atom stereocenters. The molecule has 0 spiro atoms. The average molecular weight is 1420 g/mol. The van der Waals surface area contributed by atoms with Crippen molar-refractivity contribution in [3.63, 3.8) is 0 Å². The van der Waals surface area contributed by atoms with Crippen LogP contribution in [0, 0.1) is 0 Å². The first-order valence-electron chi connectivity index (χ1n) is 40.9. The van der Waals surface area contributed by atoms with Crippen LogP contribution < -0.4 is 0 Å². The Morgan fingerprint density at radius 1 is 0.125 bits per heavy atom. The Kier molecular flexibility index (Phi) is 16.0. The Hall–Kier alpha value is -14.6. The molecule has 0 saturated carbocycles. The zero-order valence-corrected chi connectivity index (χ0v) is 61.3. The summed E-state index contributed by atoms with van der Waals surface area (Å²) in [4.78, 5) is 0. The topological polar surface area (TPSA) is 0 Å². The van der Waals surface area contributed by atoms with Gasteiger partial charge in [-0.25, -0.2) is 0 Å². The summed E-state index contributed by atoms with van der Waals surface area (Å²) in [6.45, 7) is 0. The van der Waals surface area contributed by atoms with Crippen molar-refractivity contribution in [1.29, 1.82) is 0 Å². The predicted molar refractivity (Wildman–Crippen MR) is 483 cm³/mol. The molecule has 0 nitrogen and oxygen atoms in total. The lowest BCUT2D eigenvalue weighted by molar-refractivity contribution is 1.61. The van der Waals surface area contributed by atoms with E-state index >= 15 is 0 Å². The van der Waals surface area contributed by atoms with E-state index in [2.05, 4.69) is 370 Å². The maximum absolute atomic E-state index is 8.74. The molecule has 0 amide bonds. The van der Waals surface area contributed by atoms with E-state index in [9.17, 15) is 0 Å². The number of hydrogen-bond acceptors (Lipinski definition) is 0. The average Bonchev–Trinajstić information content (AvgIpc) is 0.738. The van der Waals surface area contributed by atoms with E-state index in [1.165, 1.54) is 148 Å². The summed E-state index contributed by atoms with van der Waals surface area (Å²) < 4.78 is 42.2. The molecule has 0 radical (unpaired) electrons. The van der Waals surface area contributed by atoms with Crippen molar-refractivity contribution in [2.45, 2.75) is 0 Å². The maximum Gasteiger partial charge on any atom is 0.0629 e. The fourth-order valence-corrected chi connectivity index (χ4v) is 17.4. The molecule has 0 aliphatic heterocycles. The van der Waals surface area contributed by atoms with Gasteiger partial charge in [-0.15, -0.1) is 0 Å². The molecule has 0 heterocycles. The lowest BCUT2D eigenvalue weighted by Gasteiger charge is -2.20. The molecule has 0 fully saturated rings. The molecule has 0 N–H and O–H groups in total. The monoisotopic (exact) mass is 1420 g/mol. The van der Waals surface area contributed by atoms with E-state index in [4.69, 9.17) is 6.85 Å². The second-order valence-corrected chi connectivity index (χ2v) is 28.8. The highest BCUT2D eigenvalue weighted by molar-refractivity contribution is 6.26. The number of rotatable bonds is 9. The van der Waals surface area contributed by atoms with Crippen LogP contribution >= 0.6 is 0 Å². The molecule has 22 rings (SSSR count). The summed E-state index contributed by atoms with van der Waals surface area (Å²) in [6, 6.07) is 148. The van der Waals surface area contributed by atoms with E-state index < -0.39 is 6.04 Å². The highest BCUT2D eigenvalue weighted by Gasteiger charge is 2.23. The summed E-state index contributed by atoms with van der Waals surface area (Å²) in [5.74, 6) is 0. The van der Waals surface area contributed by atoms with Crippen LogP contribution in [-0.4, -0.2) is 0 Å². The van der Waals surface area contributed by atoms with E-state index in [0.29, 0.717) is 5.56 Å². The van der Waals surface area contributed by atoms with Crippen LogP contribution in [-0.2, 0) is 0 Å². The first kappa shape index (κ1) is 61.5. The van der Waals surface area contributed by atoms with Gasteiger partial charge in [0.15, 0.2) is 0 Å². The van der Waals surface area contributed by atoms with Gasteiger partial charge in [0.2, 0.25) is 0 Å². The Morgan fingerprint density at radius 2 is 0.420 bits per heavy atom. The van der Waals surface area contributed by atoms with Gasteiger partial charge in [0.1, 0.15) is 0 Å². The second-order valence-electron chi connectivity index (χ2n) is 28.8. The van der Waals surface area contributed by atoms with Gasteiger partial charge in [-0.2, -0.15) is 0 Å². The van der Waals surface area contributed by atoms with Gasteiger partial charge in [0, 0.05) is 0 Å². The van der Waals surface area contributed by atoms with Crippen LogP contribution in [0.1, 0.15) is 6.85 Å². The third kappa shape index (κ3) is 12.2.